The minimum atomic E-state index is -0.149. The van der Waals surface area contributed by atoms with Gasteiger partial charge in [-0.15, -0.1) is 0 Å². The molecule has 0 N–H and O–H groups in total. The zero-order valence-corrected chi connectivity index (χ0v) is 33.1. The molecule has 0 fully saturated rings. The third-order valence-electron chi connectivity index (χ3n) is 12.4. The molecule has 2 heteroatoms. The smallest absolute Gasteiger partial charge is 0.142 e. The Morgan fingerprint density at radius 1 is 0.525 bits per heavy atom. The Hall–Kier alpha value is -7.42. The van der Waals surface area contributed by atoms with Crippen LogP contribution in [0.25, 0.3) is 71.1 Å². The van der Waals surface area contributed by atoms with E-state index in [1.54, 1.807) is 0 Å². The molecular formula is C57H41NO. The lowest BCUT2D eigenvalue weighted by Crippen LogP contribution is -2.16. The molecule has 0 spiro atoms. The molecule has 11 rings (SSSR count). The largest absolute Gasteiger partial charge is 0.455 e. The highest BCUT2D eigenvalue weighted by molar-refractivity contribution is 6.09. The number of nitrogens with zero attached hydrogens (tertiary/aromatic N) is 1. The van der Waals surface area contributed by atoms with Gasteiger partial charge < -0.3 is 9.32 Å². The standard InChI is InChI=1S/C57H41NO/c1-4-14-48(54-36-42-28-26-39-16-6-8-18-46(39)56(42)59-54)47-19-10-12-23-52(47)58(53-24-13-22-51-55(53)49-20-9-11-21-50(49)57(51,2)3)43-32-29-37(30-33-43)40-31-34-45-41(35-40)27-25-38-15-5-7-17-44(38)45/h4-36H,1H2,2-3H3/b48-14-. The number of hydrogen-bond donors (Lipinski definition) is 0. The molecule has 0 saturated carbocycles. The number of benzene rings is 9. The topological polar surface area (TPSA) is 16.4 Å². The number of rotatable bonds is 7. The minimum Gasteiger partial charge on any atom is -0.455 e. The molecule has 1 aromatic heterocycles. The van der Waals surface area contributed by atoms with Gasteiger partial charge in [-0.1, -0.05) is 184 Å². The van der Waals surface area contributed by atoms with Crippen LogP contribution in [0.2, 0.25) is 0 Å². The molecular weight excluding hydrogens is 715 g/mol. The normalized spacial score (nSPS) is 13.2. The van der Waals surface area contributed by atoms with Crippen LogP contribution < -0.4 is 4.90 Å². The summed E-state index contributed by atoms with van der Waals surface area (Å²) in [5.74, 6) is 0.799. The second-order valence-electron chi connectivity index (χ2n) is 16.1. The molecule has 1 heterocycles. The summed E-state index contributed by atoms with van der Waals surface area (Å²) in [4.78, 5) is 2.44. The first kappa shape index (κ1) is 34.8. The van der Waals surface area contributed by atoms with Gasteiger partial charge in [-0.2, -0.15) is 0 Å². The van der Waals surface area contributed by atoms with Gasteiger partial charge in [0.1, 0.15) is 11.3 Å². The molecule has 59 heavy (non-hydrogen) atoms. The van der Waals surface area contributed by atoms with E-state index in [1.807, 2.05) is 6.08 Å². The Balaban J connectivity index is 1.10. The number of hydrogen-bond acceptors (Lipinski definition) is 2. The third kappa shape index (κ3) is 5.56. The molecule has 0 saturated heterocycles. The summed E-state index contributed by atoms with van der Waals surface area (Å²) >= 11 is 0. The summed E-state index contributed by atoms with van der Waals surface area (Å²) in [6.07, 6.45) is 3.94. The highest BCUT2D eigenvalue weighted by Crippen LogP contribution is 2.55. The van der Waals surface area contributed by atoms with Gasteiger partial charge in [0.15, 0.2) is 0 Å². The Morgan fingerprint density at radius 3 is 1.98 bits per heavy atom. The molecule has 2 nitrogen and oxygen atoms in total. The van der Waals surface area contributed by atoms with E-state index < -0.39 is 0 Å². The highest BCUT2D eigenvalue weighted by atomic mass is 16.3. The Morgan fingerprint density at radius 2 is 1.15 bits per heavy atom. The lowest BCUT2D eigenvalue weighted by Gasteiger charge is -2.31. The SMILES string of the molecule is C=C/C=C(\c1cc2ccc3ccccc3c2o1)c1ccccc1N(c1ccc(-c2ccc3c(ccc4ccccc43)c2)cc1)c1cccc2c1-c1ccccc1C2(C)C. The van der Waals surface area contributed by atoms with Crippen molar-refractivity contribution in [3.8, 4) is 22.3 Å². The lowest BCUT2D eigenvalue weighted by atomic mass is 9.82. The van der Waals surface area contributed by atoms with Crippen LogP contribution in [-0.4, -0.2) is 0 Å². The predicted molar refractivity (Wildman–Crippen MR) is 250 cm³/mol. The van der Waals surface area contributed by atoms with Crippen molar-refractivity contribution in [1.29, 1.82) is 0 Å². The molecule has 0 amide bonds. The number of para-hydroxylation sites is 1. The van der Waals surface area contributed by atoms with Gasteiger partial charge in [0, 0.05) is 38.6 Å². The van der Waals surface area contributed by atoms with E-state index in [0.717, 1.165) is 55.7 Å². The first-order valence-electron chi connectivity index (χ1n) is 20.4. The van der Waals surface area contributed by atoms with Crippen LogP contribution >= 0.6 is 0 Å². The van der Waals surface area contributed by atoms with E-state index in [9.17, 15) is 0 Å². The fourth-order valence-electron chi connectivity index (χ4n) is 9.54. The van der Waals surface area contributed by atoms with Gasteiger partial charge in [0.2, 0.25) is 0 Å². The number of anilines is 3. The molecule has 1 aliphatic carbocycles. The molecule has 0 aliphatic heterocycles. The minimum absolute atomic E-state index is 0.149. The molecule has 280 valence electrons. The van der Waals surface area contributed by atoms with Gasteiger partial charge in [-0.05, 0) is 91.1 Å². The average Bonchev–Trinajstić information content (AvgIpc) is 3.83. The van der Waals surface area contributed by atoms with Crippen molar-refractivity contribution in [2.75, 3.05) is 4.90 Å². The van der Waals surface area contributed by atoms with Crippen LogP contribution in [0.5, 0.6) is 0 Å². The highest BCUT2D eigenvalue weighted by Gasteiger charge is 2.38. The molecule has 9 aromatic carbocycles. The van der Waals surface area contributed by atoms with E-state index in [4.69, 9.17) is 4.42 Å². The summed E-state index contributed by atoms with van der Waals surface area (Å²) < 4.78 is 6.83. The van der Waals surface area contributed by atoms with E-state index in [1.165, 1.54) is 54.9 Å². The maximum atomic E-state index is 6.83. The van der Waals surface area contributed by atoms with Gasteiger partial charge in [-0.3, -0.25) is 0 Å². The molecule has 0 radical (unpaired) electrons. The molecule has 1 aliphatic rings. The molecule has 10 aromatic rings. The van der Waals surface area contributed by atoms with Crippen molar-refractivity contribution in [3.63, 3.8) is 0 Å². The quantitative estimate of drug-likeness (QED) is 0.119. The summed E-state index contributed by atoms with van der Waals surface area (Å²) in [6, 6.07) is 68.3. The van der Waals surface area contributed by atoms with Crippen LogP contribution in [-0.2, 0) is 5.41 Å². The van der Waals surface area contributed by atoms with Crippen molar-refractivity contribution >= 4 is 65.9 Å². The number of furan rings is 1. The van der Waals surface area contributed by atoms with Crippen molar-refractivity contribution in [1.82, 2.24) is 0 Å². The van der Waals surface area contributed by atoms with Crippen LogP contribution in [0.3, 0.4) is 0 Å². The Kier molecular flexibility index (Phi) is 8.03. The van der Waals surface area contributed by atoms with Gasteiger partial charge in [-0.25, -0.2) is 0 Å². The van der Waals surface area contributed by atoms with Crippen LogP contribution in [0.15, 0.2) is 211 Å². The van der Waals surface area contributed by atoms with E-state index in [0.29, 0.717) is 0 Å². The predicted octanol–water partition coefficient (Wildman–Crippen LogP) is 16.0. The van der Waals surface area contributed by atoms with Crippen molar-refractivity contribution in [2.24, 2.45) is 0 Å². The van der Waals surface area contributed by atoms with Crippen LogP contribution in [0.4, 0.5) is 17.1 Å². The second kappa shape index (κ2) is 13.6. The van der Waals surface area contributed by atoms with Gasteiger partial charge in [0.05, 0.1) is 11.4 Å². The number of fused-ring (bicyclic) bond motifs is 9. The Bertz CT molecular complexity index is 3320. The molecule has 0 bridgehead atoms. The summed E-state index contributed by atoms with van der Waals surface area (Å²) in [5.41, 5.74) is 13.6. The van der Waals surface area contributed by atoms with Crippen molar-refractivity contribution in [2.45, 2.75) is 19.3 Å². The fourth-order valence-corrected chi connectivity index (χ4v) is 9.54. The summed E-state index contributed by atoms with van der Waals surface area (Å²) in [7, 11) is 0. The first-order chi connectivity index (χ1) is 29.0. The summed E-state index contributed by atoms with van der Waals surface area (Å²) in [6.45, 7) is 8.86. The zero-order chi connectivity index (χ0) is 39.7. The average molecular weight is 756 g/mol. The van der Waals surface area contributed by atoms with Gasteiger partial charge >= 0.3 is 0 Å². The second-order valence-corrected chi connectivity index (χ2v) is 16.1. The summed E-state index contributed by atoms with van der Waals surface area (Å²) in [5, 5.41) is 8.38. The molecule has 0 unspecified atom stereocenters. The fraction of sp³-hybridized carbons (Fsp3) is 0.0526. The van der Waals surface area contributed by atoms with Crippen molar-refractivity contribution < 1.29 is 4.42 Å². The Labute approximate surface area is 344 Å². The van der Waals surface area contributed by atoms with E-state index in [2.05, 4.69) is 219 Å². The number of allylic oxidation sites excluding steroid dienone is 2. The van der Waals surface area contributed by atoms with Crippen LogP contribution in [0.1, 0.15) is 36.3 Å². The van der Waals surface area contributed by atoms with Gasteiger partial charge in [0.25, 0.3) is 0 Å². The zero-order valence-electron chi connectivity index (χ0n) is 33.1. The molecule has 0 atom stereocenters. The third-order valence-corrected chi connectivity index (χ3v) is 12.4. The van der Waals surface area contributed by atoms with Crippen LogP contribution in [0, 0.1) is 0 Å². The first-order valence-corrected chi connectivity index (χ1v) is 20.4. The van der Waals surface area contributed by atoms with E-state index in [-0.39, 0.29) is 5.41 Å². The van der Waals surface area contributed by atoms with E-state index >= 15 is 0 Å². The maximum Gasteiger partial charge on any atom is 0.142 e. The van der Waals surface area contributed by atoms with Crippen molar-refractivity contribution in [3.05, 3.63) is 229 Å². The maximum absolute atomic E-state index is 6.83. The lowest BCUT2D eigenvalue weighted by molar-refractivity contribution is 0.603. The monoisotopic (exact) mass is 755 g/mol.